The molecule has 0 saturated carbocycles. The lowest BCUT2D eigenvalue weighted by atomic mass is 9.86. The van der Waals surface area contributed by atoms with Crippen molar-refractivity contribution >= 4 is 23.2 Å². The van der Waals surface area contributed by atoms with Gasteiger partial charge in [0, 0.05) is 16.6 Å². The molecule has 32 heavy (non-hydrogen) atoms. The maximum atomic E-state index is 6.13. The summed E-state index contributed by atoms with van der Waals surface area (Å²) in [6.07, 6.45) is 0. The van der Waals surface area contributed by atoms with Crippen LogP contribution in [0.1, 0.15) is 98.9 Å². The first-order valence-corrected chi connectivity index (χ1v) is 12.2. The Morgan fingerprint density at radius 3 is 1.91 bits per heavy atom. The van der Waals surface area contributed by atoms with Gasteiger partial charge in [-0.15, -0.1) is 0 Å². The molecule has 0 saturated heterocycles. The van der Waals surface area contributed by atoms with E-state index < -0.39 is 0 Å². The zero-order valence-electron chi connectivity index (χ0n) is 22.7. The monoisotopic (exact) mass is 437 g/mol. The van der Waals surface area contributed by atoms with E-state index in [1.165, 1.54) is 11.1 Å². The van der Waals surface area contributed by atoms with Crippen LogP contribution in [0, 0.1) is 6.92 Å². The molecule has 0 fully saturated rings. The molecular formula is C30H47NO. The zero-order chi connectivity index (χ0) is 25.1. The largest absolute Gasteiger partial charge is 0.454 e. The predicted molar refractivity (Wildman–Crippen MR) is 146 cm³/mol. The van der Waals surface area contributed by atoms with Gasteiger partial charge in [0.2, 0.25) is 0 Å². The number of benzene rings is 2. The third-order valence-corrected chi connectivity index (χ3v) is 5.07. The van der Waals surface area contributed by atoms with Crippen molar-refractivity contribution in [1.29, 1.82) is 0 Å². The second-order valence-corrected chi connectivity index (χ2v) is 8.22. The summed E-state index contributed by atoms with van der Waals surface area (Å²) in [5, 5.41) is 5.61. The molecule has 3 rings (SSSR count). The molecule has 178 valence electrons. The molecule has 0 aliphatic heterocycles. The predicted octanol–water partition coefficient (Wildman–Crippen LogP) is 8.01. The minimum absolute atomic E-state index is 0.173. The van der Waals surface area contributed by atoms with Gasteiger partial charge in [0.05, 0.1) is 5.70 Å². The van der Waals surface area contributed by atoms with Crippen LogP contribution in [0.3, 0.4) is 0 Å². The molecule has 0 radical (unpaired) electrons. The molecule has 2 aromatic carbocycles. The average Bonchev–Trinajstić information content (AvgIpc) is 3.15. The van der Waals surface area contributed by atoms with Gasteiger partial charge < -0.3 is 9.73 Å². The topological polar surface area (TPSA) is 25.2 Å². The molecule has 1 N–H and O–H groups in total. The number of hydrogen-bond acceptors (Lipinski definition) is 2. The van der Waals surface area contributed by atoms with Crippen molar-refractivity contribution < 1.29 is 4.42 Å². The standard InChI is InChI=1S/C24H29NO.3C2H6/c1-15-9-8-10-21-16(2)23(26-22(15)21)18(4)25-17(3)19-11-13-20(14-12-19)24(5,6)7;3*1-2/h8-14,17,25H,2H2,1,3-7H3;3*1-2H3/b23-18+;;;. The second-order valence-electron chi connectivity index (χ2n) is 8.22. The Hall–Kier alpha value is -2.48. The van der Waals surface area contributed by atoms with Gasteiger partial charge in [0.25, 0.3) is 0 Å². The summed E-state index contributed by atoms with van der Waals surface area (Å²) in [6.45, 7) is 29.2. The molecule has 0 amide bonds. The molecule has 1 atom stereocenters. The molecule has 0 aliphatic carbocycles. The number of furan rings is 1. The third kappa shape index (κ3) is 7.29. The minimum atomic E-state index is 0.173. The van der Waals surface area contributed by atoms with E-state index >= 15 is 0 Å². The fourth-order valence-electron chi connectivity index (χ4n) is 3.36. The lowest BCUT2D eigenvalue weighted by Gasteiger charge is -2.21. The van der Waals surface area contributed by atoms with E-state index in [9.17, 15) is 0 Å². The second kappa shape index (κ2) is 13.8. The zero-order valence-corrected chi connectivity index (χ0v) is 22.7. The Bertz CT molecular complexity index is 1030. The molecular weight excluding hydrogens is 390 g/mol. The molecule has 0 aliphatic rings. The SMILES string of the molecule is C=c1/c(=C(/C)NC(C)c2ccc(C(C)(C)C)cc2)oc2c(C)cccc12.CC.CC.CC. The summed E-state index contributed by atoms with van der Waals surface area (Å²) >= 11 is 0. The normalized spacial score (nSPS) is 12.2. The van der Waals surface area contributed by atoms with E-state index in [2.05, 4.69) is 89.8 Å². The highest BCUT2D eigenvalue weighted by atomic mass is 16.3. The van der Waals surface area contributed by atoms with Crippen molar-refractivity contribution in [2.24, 2.45) is 0 Å². The third-order valence-electron chi connectivity index (χ3n) is 5.07. The van der Waals surface area contributed by atoms with Crippen LogP contribution in [0.5, 0.6) is 0 Å². The Labute approximate surface area is 197 Å². The van der Waals surface area contributed by atoms with Crippen LogP contribution < -0.4 is 16.0 Å². The van der Waals surface area contributed by atoms with Crippen molar-refractivity contribution in [3.05, 3.63) is 69.8 Å². The maximum Gasteiger partial charge on any atom is 0.153 e. The van der Waals surface area contributed by atoms with Crippen molar-refractivity contribution in [3.63, 3.8) is 0 Å². The summed E-state index contributed by atoms with van der Waals surface area (Å²) < 4.78 is 6.13. The lowest BCUT2D eigenvalue weighted by molar-refractivity contribution is 0.558. The molecule has 1 unspecified atom stereocenters. The van der Waals surface area contributed by atoms with Gasteiger partial charge in [-0.05, 0) is 42.9 Å². The molecule has 1 aromatic heterocycles. The molecule has 1 heterocycles. The Morgan fingerprint density at radius 1 is 0.906 bits per heavy atom. The summed E-state index contributed by atoms with van der Waals surface area (Å²) in [6, 6.07) is 15.2. The first-order valence-electron chi connectivity index (χ1n) is 12.2. The van der Waals surface area contributed by atoms with Crippen molar-refractivity contribution in [1.82, 2.24) is 5.32 Å². The van der Waals surface area contributed by atoms with Crippen LogP contribution in [0.4, 0.5) is 0 Å². The van der Waals surface area contributed by atoms with Crippen LogP contribution in [-0.4, -0.2) is 0 Å². The number of fused-ring (bicyclic) bond motifs is 1. The van der Waals surface area contributed by atoms with Crippen molar-refractivity contribution in [2.45, 2.75) is 94.5 Å². The lowest BCUT2D eigenvalue weighted by Crippen LogP contribution is -2.28. The summed E-state index contributed by atoms with van der Waals surface area (Å²) in [5.74, 6) is 0. The highest BCUT2D eigenvalue weighted by molar-refractivity contribution is 5.81. The molecule has 2 heteroatoms. The van der Waals surface area contributed by atoms with E-state index in [4.69, 9.17) is 4.42 Å². The number of para-hydroxylation sites is 1. The van der Waals surface area contributed by atoms with E-state index in [0.29, 0.717) is 0 Å². The Kier molecular flexibility index (Phi) is 12.8. The molecule has 2 nitrogen and oxygen atoms in total. The van der Waals surface area contributed by atoms with Gasteiger partial charge in [-0.1, -0.05) is 111 Å². The maximum absolute atomic E-state index is 6.13. The fourth-order valence-corrected chi connectivity index (χ4v) is 3.36. The van der Waals surface area contributed by atoms with Crippen LogP contribution >= 0.6 is 0 Å². The van der Waals surface area contributed by atoms with E-state index in [-0.39, 0.29) is 11.5 Å². The van der Waals surface area contributed by atoms with E-state index in [0.717, 1.165) is 32.9 Å². The van der Waals surface area contributed by atoms with Crippen LogP contribution in [-0.2, 0) is 5.41 Å². The van der Waals surface area contributed by atoms with Crippen LogP contribution in [0.15, 0.2) is 46.9 Å². The fraction of sp³-hybridized carbons (Fsp3) is 0.467. The first-order chi connectivity index (χ1) is 15.2. The minimum Gasteiger partial charge on any atom is -0.454 e. The number of nitrogens with one attached hydrogen (secondary N) is 1. The summed E-state index contributed by atoms with van der Waals surface area (Å²) in [4.78, 5) is 0. The average molecular weight is 438 g/mol. The van der Waals surface area contributed by atoms with Gasteiger partial charge in [-0.3, -0.25) is 0 Å². The van der Waals surface area contributed by atoms with Crippen LogP contribution in [0.2, 0.25) is 0 Å². The smallest absolute Gasteiger partial charge is 0.153 e. The number of aryl methyl sites for hydroxylation is 1. The number of rotatable bonds is 3. The molecule has 3 aromatic rings. The van der Waals surface area contributed by atoms with Gasteiger partial charge in [-0.25, -0.2) is 0 Å². The van der Waals surface area contributed by atoms with Gasteiger partial charge in [0.1, 0.15) is 5.58 Å². The van der Waals surface area contributed by atoms with Gasteiger partial charge in [-0.2, -0.15) is 0 Å². The van der Waals surface area contributed by atoms with Gasteiger partial charge >= 0.3 is 0 Å². The first kappa shape index (κ1) is 29.5. The Balaban J connectivity index is 0.00000148. The van der Waals surface area contributed by atoms with E-state index in [1.807, 2.05) is 47.6 Å². The Morgan fingerprint density at radius 2 is 1.44 bits per heavy atom. The quantitative estimate of drug-likeness (QED) is 0.449. The van der Waals surface area contributed by atoms with Crippen molar-refractivity contribution in [3.8, 4) is 0 Å². The molecule has 0 bridgehead atoms. The van der Waals surface area contributed by atoms with Crippen molar-refractivity contribution in [2.75, 3.05) is 0 Å². The highest BCUT2D eigenvalue weighted by Crippen LogP contribution is 2.24. The number of hydrogen-bond donors (Lipinski definition) is 1. The highest BCUT2D eigenvalue weighted by Gasteiger charge is 2.14. The molecule has 0 spiro atoms. The van der Waals surface area contributed by atoms with Crippen LogP contribution in [0.25, 0.3) is 23.2 Å². The summed E-state index contributed by atoms with van der Waals surface area (Å²) in [5.41, 5.74) is 6.70. The van der Waals surface area contributed by atoms with E-state index in [1.54, 1.807) is 0 Å². The summed E-state index contributed by atoms with van der Waals surface area (Å²) in [7, 11) is 0. The van der Waals surface area contributed by atoms with Gasteiger partial charge in [0.15, 0.2) is 5.42 Å².